The lowest BCUT2D eigenvalue weighted by Crippen LogP contribution is -2.61. The van der Waals surface area contributed by atoms with Crippen molar-refractivity contribution in [2.45, 2.75) is 136 Å². The molecule has 0 radical (unpaired) electrons. The van der Waals surface area contributed by atoms with Gasteiger partial charge in [-0.1, -0.05) is 66.2 Å². The van der Waals surface area contributed by atoms with E-state index in [1.54, 1.807) is 25.7 Å². The minimum atomic E-state index is -1.09. The summed E-state index contributed by atoms with van der Waals surface area (Å²) in [5, 5.41) is 8.49. The monoisotopic (exact) mass is 645 g/mol. The number of primary amides is 1. The predicted molar refractivity (Wildman–Crippen MR) is 171 cm³/mol. The fraction of sp³-hybridized carbons (Fsp3) is 0.824. The van der Waals surface area contributed by atoms with Gasteiger partial charge in [0.05, 0.1) is 6.04 Å². The van der Waals surface area contributed by atoms with Crippen LogP contribution in [0.1, 0.15) is 106 Å². The van der Waals surface area contributed by atoms with E-state index in [1.807, 2.05) is 13.8 Å². The van der Waals surface area contributed by atoms with E-state index < -0.39 is 59.4 Å². The van der Waals surface area contributed by atoms with Gasteiger partial charge < -0.3 is 31.3 Å². The molecule has 3 saturated carbocycles. The fourth-order valence-electron chi connectivity index (χ4n) is 7.55. The fourth-order valence-corrected chi connectivity index (χ4v) is 7.55. The summed E-state index contributed by atoms with van der Waals surface area (Å²) in [5.41, 5.74) is 4.40. The highest BCUT2D eigenvalue weighted by Crippen LogP contribution is 2.65. The predicted octanol–water partition coefficient (Wildman–Crippen LogP) is 2.81. The third kappa shape index (κ3) is 8.20. The first-order chi connectivity index (χ1) is 21.5. The average Bonchev–Trinajstić information content (AvgIpc) is 3.84. The van der Waals surface area contributed by atoms with E-state index in [0.717, 1.165) is 44.9 Å². The number of rotatable bonds is 13. The molecule has 46 heavy (non-hydrogen) atoms. The minimum absolute atomic E-state index is 0.0868. The number of ketones is 1. The zero-order valence-corrected chi connectivity index (χ0v) is 28.6. The first-order valence-corrected chi connectivity index (χ1v) is 17.2. The van der Waals surface area contributed by atoms with Gasteiger partial charge >= 0.3 is 12.0 Å². The van der Waals surface area contributed by atoms with Gasteiger partial charge in [0.1, 0.15) is 23.7 Å². The van der Waals surface area contributed by atoms with Crippen LogP contribution in [0.2, 0.25) is 0 Å². The van der Waals surface area contributed by atoms with Crippen LogP contribution in [0.4, 0.5) is 4.79 Å². The Bertz CT molecular complexity index is 1200. The molecule has 4 aliphatic rings. The first kappa shape index (κ1) is 35.7. The number of urea groups is 1. The van der Waals surface area contributed by atoms with Gasteiger partial charge in [-0.05, 0) is 75.0 Å². The maximum absolute atomic E-state index is 14.5. The number of fused-ring (bicyclic) bond motifs is 1. The van der Waals surface area contributed by atoms with Crippen molar-refractivity contribution in [3.63, 3.8) is 0 Å². The zero-order valence-electron chi connectivity index (χ0n) is 28.6. The lowest BCUT2D eigenvalue weighted by atomic mass is 9.83. The van der Waals surface area contributed by atoms with Gasteiger partial charge in [-0.25, -0.2) is 9.59 Å². The number of hydrogen-bond donors (Lipinski definition) is 4. The van der Waals surface area contributed by atoms with Crippen molar-refractivity contribution < 1.29 is 33.5 Å². The molecule has 0 bridgehead atoms. The molecule has 1 heterocycles. The molecule has 258 valence electrons. The molecule has 1 unspecified atom stereocenters. The number of amides is 5. The maximum Gasteiger partial charge on any atom is 0.329 e. The van der Waals surface area contributed by atoms with Gasteiger partial charge in [-0.15, -0.1) is 0 Å². The Hall–Kier alpha value is -3.18. The molecule has 4 fully saturated rings. The molecular formula is C34H55N5O7. The van der Waals surface area contributed by atoms with Crippen molar-refractivity contribution in [3.05, 3.63) is 0 Å². The molecule has 7 atom stereocenters. The van der Waals surface area contributed by atoms with Crippen molar-refractivity contribution in [1.29, 1.82) is 0 Å². The Morgan fingerprint density at radius 3 is 2.13 bits per heavy atom. The van der Waals surface area contributed by atoms with Crippen LogP contribution in [-0.4, -0.2) is 76.7 Å². The number of piperidine rings is 1. The summed E-state index contributed by atoms with van der Waals surface area (Å²) in [7, 11) is 0. The number of Topliss-reactive ketones (excluding diaryl/α,β-unsaturated/α-hetero) is 1. The Balaban J connectivity index is 1.55. The van der Waals surface area contributed by atoms with Crippen LogP contribution < -0.4 is 21.7 Å². The summed E-state index contributed by atoms with van der Waals surface area (Å²) < 4.78 is 5.59. The van der Waals surface area contributed by atoms with E-state index in [4.69, 9.17) is 10.5 Å². The Kier molecular flexibility index (Phi) is 10.8. The highest BCUT2D eigenvalue weighted by Gasteiger charge is 2.69. The quantitative estimate of drug-likeness (QED) is 0.176. The highest BCUT2D eigenvalue weighted by atomic mass is 16.6. The number of likely N-dealkylation sites (tertiary alicyclic amines) is 1. The molecule has 0 spiro atoms. The summed E-state index contributed by atoms with van der Waals surface area (Å²) in [5.74, 6) is -3.41. The third-order valence-corrected chi connectivity index (χ3v) is 10.7. The lowest BCUT2D eigenvalue weighted by Gasteiger charge is -2.37. The Morgan fingerprint density at radius 1 is 0.957 bits per heavy atom. The maximum atomic E-state index is 14.5. The topological polar surface area (TPSA) is 177 Å². The van der Waals surface area contributed by atoms with E-state index >= 15 is 0 Å². The average molecular weight is 646 g/mol. The Labute approximate surface area is 273 Å². The van der Waals surface area contributed by atoms with Gasteiger partial charge in [0.25, 0.3) is 5.91 Å². The molecule has 1 aliphatic heterocycles. The number of carbonyl (C=O) groups is 6. The van der Waals surface area contributed by atoms with Crippen LogP contribution in [0.3, 0.4) is 0 Å². The lowest BCUT2D eigenvalue weighted by molar-refractivity contribution is -0.158. The number of esters is 1. The largest absolute Gasteiger partial charge is 0.458 e. The van der Waals surface area contributed by atoms with Crippen LogP contribution >= 0.6 is 0 Å². The van der Waals surface area contributed by atoms with Crippen LogP contribution in [0.5, 0.6) is 0 Å². The Morgan fingerprint density at radius 2 is 1.59 bits per heavy atom. The van der Waals surface area contributed by atoms with Crippen LogP contribution in [0.25, 0.3) is 0 Å². The molecule has 1 saturated heterocycles. The molecule has 12 heteroatoms. The van der Waals surface area contributed by atoms with Crippen LogP contribution in [0, 0.1) is 35.0 Å². The van der Waals surface area contributed by atoms with Crippen molar-refractivity contribution in [2.75, 3.05) is 6.54 Å². The summed E-state index contributed by atoms with van der Waals surface area (Å²) in [6, 6.07) is -4.32. The summed E-state index contributed by atoms with van der Waals surface area (Å²) in [4.78, 5) is 81.0. The molecule has 0 aromatic heterocycles. The second kappa shape index (κ2) is 13.9. The zero-order chi connectivity index (χ0) is 34.1. The molecular weight excluding hydrogens is 590 g/mol. The van der Waals surface area contributed by atoms with Crippen molar-refractivity contribution in [3.8, 4) is 0 Å². The van der Waals surface area contributed by atoms with Crippen molar-refractivity contribution in [2.24, 2.45) is 40.7 Å². The van der Waals surface area contributed by atoms with Gasteiger partial charge in [0, 0.05) is 6.54 Å². The van der Waals surface area contributed by atoms with Crippen molar-refractivity contribution >= 4 is 35.5 Å². The molecule has 3 aliphatic carbocycles. The first-order valence-electron chi connectivity index (χ1n) is 17.2. The van der Waals surface area contributed by atoms with E-state index in [0.29, 0.717) is 19.4 Å². The van der Waals surface area contributed by atoms with Crippen molar-refractivity contribution in [1.82, 2.24) is 20.9 Å². The number of nitrogens with zero attached hydrogens (tertiary/aromatic N) is 1. The number of carbonyl (C=O) groups excluding carboxylic acids is 6. The summed E-state index contributed by atoms with van der Waals surface area (Å²) in [6.45, 7) is 13.6. The van der Waals surface area contributed by atoms with E-state index in [1.165, 1.54) is 0 Å². The van der Waals surface area contributed by atoms with Crippen LogP contribution in [-0.2, 0) is 28.7 Å². The summed E-state index contributed by atoms with van der Waals surface area (Å²) in [6.07, 6.45) is 7.19. The van der Waals surface area contributed by atoms with Gasteiger partial charge in [0.15, 0.2) is 0 Å². The number of hydrogen-bond acceptors (Lipinski definition) is 7. The second-order valence-corrected chi connectivity index (χ2v) is 15.7. The van der Waals surface area contributed by atoms with Gasteiger partial charge in [-0.2, -0.15) is 0 Å². The number of ether oxygens (including phenoxy) is 1. The molecule has 0 aromatic rings. The number of nitrogens with one attached hydrogen (secondary N) is 3. The highest BCUT2D eigenvalue weighted by molar-refractivity contribution is 6.37. The van der Waals surface area contributed by atoms with E-state index in [9.17, 15) is 28.8 Å². The molecule has 0 aromatic carbocycles. The number of nitrogens with two attached hydrogens (primary N) is 1. The SMILES string of the molecule is CC[C@H](C)[C@H](NC(=O)N[C@H](C(=O)N1C[C@H]2[C@@H]([C@H]1C(=O)NC(CC1CC1)C(=O)C(N)=O)C2(C)C)C1CCCCC1)C(=O)OC(C)(C)C. The van der Waals surface area contributed by atoms with Gasteiger partial charge in [-0.3, -0.25) is 19.2 Å². The van der Waals surface area contributed by atoms with Crippen LogP contribution in [0.15, 0.2) is 0 Å². The second-order valence-electron chi connectivity index (χ2n) is 15.7. The third-order valence-electron chi connectivity index (χ3n) is 10.7. The summed E-state index contributed by atoms with van der Waals surface area (Å²) >= 11 is 0. The smallest absolute Gasteiger partial charge is 0.329 e. The normalized spacial score (nSPS) is 26.5. The van der Waals surface area contributed by atoms with E-state index in [2.05, 4.69) is 29.8 Å². The standard InChI is InChI=1S/C34H55N5O7/c1-8-18(2)24(31(44)46-33(3,4)5)37-32(45)38-25(20-12-10-9-11-13-20)30(43)39-17-21-23(34(21,6)7)26(39)29(42)36-22(16-19-14-15-19)27(40)28(35)41/h18-26H,8-17H2,1-7H3,(H2,35,41)(H,36,42)(H2,37,38,45)/t18-,21-,22?,23-,24-,25-,26-/m0/s1. The molecule has 12 nitrogen and oxygen atoms in total. The molecule has 5 amide bonds. The minimum Gasteiger partial charge on any atom is -0.458 e. The molecule has 4 rings (SSSR count). The molecule has 5 N–H and O–H groups in total. The van der Waals surface area contributed by atoms with E-state index in [-0.39, 0.29) is 40.9 Å². The van der Waals surface area contributed by atoms with Gasteiger partial charge in [0.2, 0.25) is 17.6 Å².